The van der Waals surface area contributed by atoms with Crippen LogP contribution < -0.4 is 5.32 Å². The molecule has 166 valence electrons. The molecule has 0 unspecified atom stereocenters. The van der Waals surface area contributed by atoms with Gasteiger partial charge in [0, 0.05) is 24.8 Å². The molecule has 2 heterocycles. The normalized spacial score (nSPS) is 25.0. The van der Waals surface area contributed by atoms with Crippen LogP contribution in [0.25, 0.3) is 0 Å². The zero-order chi connectivity index (χ0) is 22.1. The lowest BCUT2D eigenvalue weighted by Crippen LogP contribution is -2.47. The SMILES string of the molecule is CCN1CC[C@]2(C(=O)Nc3ccccc3)CCN(S(=O)(=O)c3cccc(F)c3)CC[C@H]12. The molecular weight excluding hydrogens is 417 g/mol. The summed E-state index contributed by atoms with van der Waals surface area (Å²) in [5, 5.41) is 3.06. The molecule has 0 radical (unpaired) electrons. The van der Waals surface area contributed by atoms with Gasteiger partial charge >= 0.3 is 0 Å². The molecule has 0 aliphatic carbocycles. The van der Waals surface area contributed by atoms with Crippen LogP contribution in [0.15, 0.2) is 59.5 Å². The van der Waals surface area contributed by atoms with Crippen LogP contribution in [0.5, 0.6) is 0 Å². The van der Waals surface area contributed by atoms with Crippen molar-refractivity contribution < 1.29 is 17.6 Å². The third-order valence-corrected chi connectivity index (χ3v) is 8.60. The Balaban J connectivity index is 1.61. The van der Waals surface area contributed by atoms with E-state index in [2.05, 4.69) is 17.1 Å². The summed E-state index contributed by atoms with van der Waals surface area (Å²) in [5.41, 5.74) is 0.0852. The van der Waals surface area contributed by atoms with Gasteiger partial charge in [0.2, 0.25) is 15.9 Å². The maximum absolute atomic E-state index is 13.7. The molecule has 1 N–H and O–H groups in total. The first-order chi connectivity index (χ1) is 14.9. The minimum absolute atomic E-state index is 0.0334. The molecule has 2 aromatic carbocycles. The second kappa shape index (κ2) is 8.68. The van der Waals surface area contributed by atoms with Crippen molar-refractivity contribution in [1.82, 2.24) is 9.21 Å². The van der Waals surface area contributed by atoms with Crippen molar-refractivity contribution in [2.45, 2.75) is 37.1 Å². The molecule has 0 saturated carbocycles. The predicted octanol–water partition coefficient (Wildman–Crippen LogP) is 3.33. The highest BCUT2D eigenvalue weighted by atomic mass is 32.2. The third kappa shape index (κ3) is 4.12. The minimum atomic E-state index is -3.83. The van der Waals surface area contributed by atoms with Crippen LogP contribution in [0, 0.1) is 11.2 Å². The largest absolute Gasteiger partial charge is 0.326 e. The number of carbonyl (C=O) groups excluding carboxylic acids is 1. The quantitative estimate of drug-likeness (QED) is 0.767. The van der Waals surface area contributed by atoms with Crippen LogP contribution in [-0.2, 0) is 14.8 Å². The molecule has 6 nitrogen and oxygen atoms in total. The highest BCUT2D eigenvalue weighted by molar-refractivity contribution is 7.89. The molecule has 0 aromatic heterocycles. The van der Waals surface area contributed by atoms with Crippen molar-refractivity contribution in [3.63, 3.8) is 0 Å². The summed E-state index contributed by atoms with van der Waals surface area (Å²) < 4.78 is 41.4. The van der Waals surface area contributed by atoms with E-state index in [0.29, 0.717) is 25.8 Å². The van der Waals surface area contributed by atoms with Gasteiger partial charge in [-0.05, 0) is 62.7 Å². The van der Waals surface area contributed by atoms with Gasteiger partial charge in [-0.1, -0.05) is 31.2 Å². The first kappa shape index (κ1) is 21.9. The number of hydrogen-bond acceptors (Lipinski definition) is 4. The van der Waals surface area contributed by atoms with E-state index in [1.165, 1.54) is 22.5 Å². The Morgan fingerprint density at radius 1 is 1.10 bits per heavy atom. The molecule has 2 aromatic rings. The topological polar surface area (TPSA) is 69.7 Å². The number of para-hydroxylation sites is 1. The van der Waals surface area contributed by atoms with Crippen LogP contribution in [0.2, 0.25) is 0 Å². The van der Waals surface area contributed by atoms with Gasteiger partial charge in [-0.15, -0.1) is 0 Å². The van der Waals surface area contributed by atoms with E-state index in [4.69, 9.17) is 0 Å². The lowest BCUT2D eigenvalue weighted by Gasteiger charge is -2.35. The van der Waals surface area contributed by atoms with Crippen LogP contribution in [0.3, 0.4) is 0 Å². The van der Waals surface area contributed by atoms with Crippen LogP contribution in [0.1, 0.15) is 26.2 Å². The summed E-state index contributed by atoms with van der Waals surface area (Å²) in [6.07, 6.45) is 1.68. The summed E-state index contributed by atoms with van der Waals surface area (Å²) in [7, 11) is -3.83. The van der Waals surface area contributed by atoms with Gasteiger partial charge in [0.25, 0.3) is 0 Å². The molecule has 0 spiro atoms. The van der Waals surface area contributed by atoms with Crippen LogP contribution in [0.4, 0.5) is 10.1 Å². The number of sulfonamides is 1. The maximum atomic E-state index is 13.7. The Morgan fingerprint density at radius 2 is 1.84 bits per heavy atom. The summed E-state index contributed by atoms with van der Waals surface area (Å²) in [6.45, 7) is 4.23. The fourth-order valence-electron chi connectivity index (χ4n) is 5.02. The molecule has 2 aliphatic rings. The number of benzene rings is 2. The van der Waals surface area contributed by atoms with Crippen molar-refractivity contribution in [3.8, 4) is 0 Å². The van der Waals surface area contributed by atoms with Crippen molar-refractivity contribution >= 4 is 21.6 Å². The van der Waals surface area contributed by atoms with E-state index in [-0.39, 0.29) is 23.4 Å². The minimum Gasteiger partial charge on any atom is -0.326 e. The number of fused-ring (bicyclic) bond motifs is 1. The summed E-state index contributed by atoms with van der Waals surface area (Å²) >= 11 is 0. The van der Waals surface area contributed by atoms with E-state index in [1.807, 2.05) is 30.3 Å². The molecule has 2 atom stereocenters. The molecule has 1 amide bonds. The van der Waals surface area contributed by atoms with E-state index < -0.39 is 21.3 Å². The van der Waals surface area contributed by atoms with Crippen molar-refractivity contribution in [1.29, 1.82) is 0 Å². The Morgan fingerprint density at radius 3 is 2.55 bits per heavy atom. The maximum Gasteiger partial charge on any atom is 0.243 e. The fourth-order valence-corrected chi connectivity index (χ4v) is 6.51. The Kier molecular flexibility index (Phi) is 6.14. The number of halogens is 1. The van der Waals surface area contributed by atoms with Gasteiger partial charge in [0.1, 0.15) is 5.82 Å². The molecule has 4 rings (SSSR count). The van der Waals surface area contributed by atoms with Crippen molar-refractivity contribution in [3.05, 3.63) is 60.4 Å². The summed E-state index contributed by atoms with van der Waals surface area (Å²) in [6, 6.07) is 14.4. The number of amides is 1. The number of likely N-dealkylation sites (tertiary alicyclic amines) is 1. The van der Waals surface area contributed by atoms with E-state index in [9.17, 15) is 17.6 Å². The van der Waals surface area contributed by atoms with Crippen molar-refractivity contribution in [2.75, 3.05) is 31.5 Å². The average Bonchev–Trinajstić information content (AvgIpc) is 3.01. The smallest absolute Gasteiger partial charge is 0.243 e. The number of carbonyl (C=O) groups is 1. The number of anilines is 1. The molecule has 8 heteroatoms. The number of nitrogens with zero attached hydrogens (tertiary/aromatic N) is 2. The first-order valence-corrected chi connectivity index (χ1v) is 12.2. The van der Waals surface area contributed by atoms with Crippen LogP contribution >= 0.6 is 0 Å². The van der Waals surface area contributed by atoms with E-state index in [0.717, 1.165) is 24.8 Å². The van der Waals surface area contributed by atoms with Gasteiger partial charge in [-0.25, -0.2) is 12.8 Å². The Hall–Kier alpha value is -2.29. The van der Waals surface area contributed by atoms with Gasteiger partial charge in [-0.2, -0.15) is 4.31 Å². The van der Waals surface area contributed by atoms with Gasteiger partial charge < -0.3 is 5.32 Å². The summed E-state index contributed by atoms with van der Waals surface area (Å²) in [4.78, 5) is 15.7. The molecular formula is C23H28FN3O3S. The second-order valence-electron chi connectivity index (χ2n) is 8.27. The highest BCUT2D eigenvalue weighted by Crippen LogP contribution is 2.45. The first-order valence-electron chi connectivity index (χ1n) is 10.7. The molecule has 2 saturated heterocycles. The lowest BCUT2D eigenvalue weighted by molar-refractivity contribution is -0.127. The lowest BCUT2D eigenvalue weighted by atomic mass is 9.75. The second-order valence-corrected chi connectivity index (χ2v) is 10.2. The number of rotatable bonds is 5. The predicted molar refractivity (Wildman–Crippen MR) is 118 cm³/mol. The van der Waals surface area contributed by atoms with Gasteiger partial charge in [0.15, 0.2) is 0 Å². The zero-order valence-electron chi connectivity index (χ0n) is 17.6. The summed E-state index contributed by atoms with van der Waals surface area (Å²) in [5.74, 6) is -0.631. The standard InChI is InChI=1S/C23H28FN3O3S/c1-2-26-15-12-23(22(28)25-19-8-4-3-5-9-19)13-16-27(14-11-21(23)26)31(29,30)20-10-6-7-18(24)17-20/h3-10,17,21H,2,11-16H2,1H3,(H,25,28)/t21-,23-/m0/s1. The molecule has 31 heavy (non-hydrogen) atoms. The zero-order valence-corrected chi connectivity index (χ0v) is 18.4. The van der Waals surface area contributed by atoms with Gasteiger partial charge in [0.05, 0.1) is 10.3 Å². The third-order valence-electron chi connectivity index (χ3n) is 6.71. The van der Waals surface area contributed by atoms with Crippen LogP contribution in [-0.4, -0.2) is 55.8 Å². The Bertz CT molecular complexity index is 1050. The molecule has 2 aliphatic heterocycles. The molecule has 0 bridgehead atoms. The molecule has 2 fully saturated rings. The Labute approximate surface area is 183 Å². The van der Waals surface area contributed by atoms with E-state index in [1.54, 1.807) is 0 Å². The highest BCUT2D eigenvalue weighted by Gasteiger charge is 2.53. The number of hydrogen-bond donors (Lipinski definition) is 1. The van der Waals surface area contributed by atoms with Crippen molar-refractivity contribution in [2.24, 2.45) is 5.41 Å². The monoisotopic (exact) mass is 445 g/mol. The number of nitrogens with one attached hydrogen (secondary N) is 1. The van der Waals surface area contributed by atoms with Gasteiger partial charge in [-0.3, -0.25) is 9.69 Å². The van der Waals surface area contributed by atoms with E-state index >= 15 is 0 Å². The average molecular weight is 446 g/mol. The fraction of sp³-hybridized carbons (Fsp3) is 0.435.